The van der Waals surface area contributed by atoms with E-state index < -0.39 is 5.97 Å². The summed E-state index contributed by atoms with van der Waals surface area (Å²) in [6.07, 6.45) is 1.88. The molecule has 6 heteroatoms. The fraction of sp³-hybridized carbons (Fsp3) is 0.200. The van der Waals surface area contributed by atoms with Gasteiger partial charge in [0.1, 0.15) is 0 Å². The molecule has 16 heavy (non-hydrogen) atoms. The first-order valence-electron chi connectivity index (χ1n) is 4.46. The highest BCUT2D eigenvalue weighted by atomic mass is 127. The van der Waals surface area contributed by atoms with Crippen molar-refractivity contribution in [3.05, 3.63) is 31.8 Å². The molecule has 0 saturated heterocycles. The Morgan fingerprint density at radius 2 is 2.31 bits per heavy atom. The van der Waals surface area contributed by atoms with Crippen molar-refractivity contribution in [2.45, 2.75) is 6.92 Å². The lowest BCUT2D eigenvalue weighted by atomic mass is 10.3. The smallest absolute Gasteiger partial charge is 0.358 e. The quantitative estimate of drug-likeness (QED) is 0.551. The van der Waals surface area contributed by atoms with Gasteiger partial charge in [-0.1, -0.05) is 0 Å². The summed E-state index contributed by atoms with van der Waals surface area (Å²) in [7, 11) is 1.35. The van der Waals surface area contributed by atoms with Gasteiger partial charge in [-0.3, -0.25) is 0 Å². The van der Waals surface area contributed by atoms with Crippen LogP contribution >= 0.6 is 38.5 Å². The van der Waals surface area contributed by atoms with E-state index in [0.717, 1.165) is 19.4 Å². The minimum absolute atomic E-state index is 0.339. The minimum atomic E-state index is -0.421. The molecule has 4 nitrogen and oxygen atoms in total. The highest BCUT2D eigenvalue weighted by molar-refractivity contribution is 14.1. The summed E-state index contributed by atoms with van der Waals surface area (Å²) in [6, 6.07) is 1.86. The van der Waals surface area contributed by atoms with E-state index >= 15 is 0 Å². The zero-order valence-electron chi connectivity index (χ0n) is 8.62. The SMILES string of the molecule is COC(=O)c1nc(C)cn2c(I)c(Br)cc12. The number of methoxy groups -OCH3 is 1. The van der Waals surface area contributed by atoms with Gasteiger partial charge >= 0.3 is 5.97 Å². The molecule has 0 N–H and O–H groups in total. The third-order valence-corrected chi connectivity index (χ3v) is 4.60. The van der Waals surface area contributed by atoms with Crippen LogP contribution in [0.25, 0.3) is 5.52 Å². The molecule has 2 rings (SSSR count). The summed E-state index contributed by atoms with van der Waals surface area (Å²) in [6.45, 7) is 1.84. The predicted octanol–water partition coefficient (Wildman–Crippen LogP) is 2.80. The van der Waals surface area contributed by atoms with Crippen LogP contribution in [-0.2, 0) is 4.74 Å². The Balaban J connectivity index is 2.83. The fourth-order valence-corrected chi connectivity index (χ4v) is 2.44. The van der Waals surface area contributed by atoms with E-state index in [1.165, 1.54) is 7.11 Å². The Morgan fingerprint density at radius 1 is 1.62 bits per heavy atom. The lowest BCUT2D eigenvalue weighted by molar-refractivity contribution is 0.0595. The summed E-state index contributed by atoms with van der Waals surface area (Å²) >= 11 is 5.63. The van der Waals surface area contributed by atoms with Gasteiger partial charge in [-0.15, -0.1) is 0 Å². The van der Waals surface area contributed by atoms with Gasteiger partial charge < -0.3 is 9.14 Å². The second-order valence-electron chi connectivity index (χ2n) is 3.26. The van der Waals surface area contributed by atoms with Crippen LogP contribution in [0.15, 0.2) is 16.7 Å². The number of hydrogen-bond acceptors (Lipinski definition) is 3. The molecule has 0 radical (unpaired) electrons. The van der Waals surface area contributed by atoms with E-state index in [1.54, 1.807) is 0 Å². The summed E-state index contributed by atoms with van der Waals surface area (Å²) in [5.41, 5.74) is 1.86. The van der Waals surface area contributed by atoms with Crippen molar-refractivity contribution in [3.63, 3.8) is 0 Å². The number of carbonyl (C=O) groups excluding carboxylic acids is 1. The molecule has 0 unspecified atom stereocenters. The molecule has 2 aromatic heterocycles. The number of aryl methyl sites for hydroxylation is 1. The standard InChI is InChI=1S/C10H8BrIN2O2/c1-5-4-14-7(3-6(11)9(14)12)8(13-5)10(15)16-2/h3-4H,1-2H3. The maximum atomic E-state index is 11.6. The Labute approximate surface area is 114 Å². The average molecular weight is 395 g/mol. The Bertz CT molecular complexity index is 580. The van der Waals surface area contributed by atoms with Crippen LogP contribution < -0.4 is 0 Å². The summed E-state index contributed by atoms with van der Waals surface area (Å²) in [5.74, 6) is -0.421. The Morgan fingerprint density at radius 3 is 2.94 bits per heavy atom. The van der Waals surface area contributed by atoms with Crippen LogP contribution in [0.3, 0.4) is 0 Å². The second kappa shape index (κ2) is 4.33. The minimum Gasteiger partial charge on any atom is -0.464 e. The van der Waals surface area contributed by atoms with Crippen molar-refractivity contribution >= 4 is 50.0 Å². The topological polar surface area (TPSA) is 43.6 Å². The van der Waals surface area contributed by atoms with Crippen molar-refractivity contribution in [3.8, 4) is 0 Å². The number of nitrogens with zero attached hydrogens (tertiary/aromatic N) is 2. The first kappa shape index (κ1) is 11.8. The van der Waals surface area contributed by atoms with Gasteiger partial charge in [-0.25, -0.2) is 9.78 Å². The lowest BCUT2D eigenvalue weighted by Crippen LogP contribution is -2.08. The lowest BCUT2D eigenvalue weighted by Gasteiger charge is -2.04. The molecule has 0 bridgehead atoms. The molecule has 0 amide bonds. The third kappa shape index (κ3) is 1.84. The monoisotopic (exact) mass is 394 g/mol. The van der Waals surface area contributed by atoms with E-state index in [2.05, 4.69) is 43.5 Å². The van der Waals surface area contributed by atoms with E-state index in [0.29, 0.717) is 5.69 Å². The number of carbonyl (C=O) groups is 1. The number of rotatable bonds is 1. The number of esters is 1. The normalized spacial score (nSPS) is 10.8. The van der Waals surface area contributed by atoms with Crippen molar-refractivity contribution in [1.29, 1.82) is 0 Å². The zero-order valence-corrected chi connectivity index (χ0v) is 12.4. The predicted molar refractivity (Wildman–Crippen MR) is 71.7 cm³/mol. The van der Waals surface area contributed by atoms with Crippen LogP contribution in [0.5, 0.6) is 0 Å². The third-order valence-electron chi connectivity index (χ3n) is 2.16. The number of ether oxygens (including phenoxy) is 1. The number of aromatic nitrogens is 2. The molecule has 2 heterocycles. The van der Waals surface area contributed by atoms with Gasteiger partial charge in [-0.05, 0) is 51.5 Å². The van der Waals surface area contributed by atoms with Gasteiger partial charge in [0.2, 0.25) is 0 Å². The molecule has 0 aliphatic heterocycles. The summed E-state index contributed by atoms with van der Waals surface area (Å²) in [5, 5.41) is 0. The molecule has 0 saturated carbocycles. The van der Waals surface area contributed by atoms with Crippen LogP contribution in [0.1, 0.15) is 16.2 Å². The van der Waals surface area contributed by atoms with Crippen LogP contribution in [0.2, 0.25) is 0 Å². The van der Waals surface area contributed by atoms with Crippen LogP contribution in [0, 0.1) is 10.6 Å². The van der Waals surface area contributed by atoms with Crippen LogP contribution in [0.4, 0.5) is 0 Å². The number of fused-ring (bicyclic) bond motifs is 1. The summed E-state index contributed by atoms with van der Waals surface area (Å²) in [4.78, 5) is 15.8. The van der Waals surface area contributed by atoms with E-state index in [9.17, 15) is 4.79 Å². The molecule has 0 atom stereocenters. The number of hydrogen-bond donors (Lipinski definition) is 0. The Hall–Kier alpha value is -0.630. The molecular formula is C10H8BrIN2O2. The largest absolute Gasteiger partial charge is 0.464 e. The molecule has 0 aromatic carbocycles. The maximum Gasteiger partial charge on any atom is 0.358 e. The van der Waals surface area contributed by atoms with Crippen LogP contribution in [-0.4, -0.2) is 22.5 Å². The summed E-state index contributed by atoms with van der Waals surface area (Å²) < 4.78 is 8.57. The molecular weight excluding hydrogens is 387 g/mol. The first-order valence-corrected chi connectivity index (χ1v) is 6.33. The van der Waals surface area contributed by atoms with Gasteiger partial charge in [0.05, 0.1) is 26.5 Å². The second-order valence-corrected chi connectivity index (χ2v) is 5.14. The molecule has 0 aliphatic rings. The maximum absolute atomic E-state index is 11.6. The number of halogens is 2. The van der Waals surface area contributed by atoms with Gasteiger partial charge in [0.15, 0.2) is 5.69 Å². The molecule has 0 spiro atoms. The molecule has 84 valence electrons. The van der Waals surface area contributed by atoms with Crippen molar-refractivity contribution in [1.82, 2.24) is 9.38 Å². The van der Waals surface area contributed by atoms with Gasteiger partial charge in [0, 0.05) is 6.20 Å². The highest BCUT2D eigenvalue weighted by Gasteiger charge is 2.16. The van der Waals surface area contributed by atoms with Crippen molar-refractivity contribution in [2.75, 3.05) is 7.11 Å². The van der Waals surface area contributed by atoms with Gasteiger partial charge in [-0.2, -0.15) is 0 Å². The van der Waals surface area contributed by atoms with E-state index in [1.807, 2.05) is 23.6 Å². The highest BCUT2D eigenvalue weighted by Crippen LogP contribution is 2.25. The van der Waals surface area contributed by atoms with Gasteiger partial charge in [0.25, 0.3) is 0 Å². The van der Waals surface area contributed by atoms with Crippen molar-refractivity contribution in [2.24, 2.45) is 0 Å². The van der Waals surface area contributed by atoms with E-state index in [4.69, 9.17) is 4.74 Å². The van der Waals surface area contributed by atoms with Crippen molar-refractivity contribution < 1.29 is 9.53 Å². The Kier molecular flexibility index (Phi) is 3.20. The molecule has 0 fully saturated rings. The first-order chi connectivity index (χ1) is 7.54. The zero-order chi connectivity index (χ0) is 11.9. The average Bonchev–Trinajstić information content (AvgIpc) is 2.54. The molecule has 0 aliphatic carbocycles. The molecule has 2 aromatic rings. The van der Waals surface area contributed by atoms with E-state index in [-0.39, 0.29) is 0 Å². The fourth-order valence-electron chi connectivity index (χ4n) is 1.47.